The molecule has 1 atom stereocenters. The number of halogens is 1. The second-order valence-corrected chi connectivity index (χ2v) is 4.37. The molecule has 0 spiro atoms. The first-order valence-corrected chi connectivity index (χ1v) is 5.75. The molecule has 1 aromatic rings. The molecule has 1 rings (SSSR count). The van der Waals surface area contributed by atoms with Crippen molar-refractivity contribution < 1.29 is 19.0 Å². The van der Waals surface area contributed by atoms with Gasteiger partial charge in [-0.25, -0.2) is 4.39 Å². The minimum Gasteiger partial charge on any atom is -0.497 e. The van der Waals surface area contributed by atoms with Gasteiger partial charge >= 0.3 is 0 Å². The number of ether oxygens (including phenoxy) is 1. The van der Waals surface area contributed by atoms with Crippen LogP contribution < -0.4 is 10.1 Å². The zero-order valence-corrected chi connectivity index (χ0v) is 10.7. The summed E-state index contributed by atoms with van der Waals surface area (Å²) in [4.78, 5) is 11.7. The van der Waals surface area contributed by atoms with Crippen molar-refractivity contribution in [2.24, 2.45) is 5.92 Å². The van der Waals surface area contributed by atoms with Gasteiger partial charge in [-0.15, -0.1) is 0 Å². The van der Waals surface area contributed by atoms with Crippen LogP contribution in [0.4, 0.5) is 4.39 Å². The van der Waals surface area contributed by atoms with Crippen molar-refractivity contribution in [3.63, 3.8) is 0 Å². The second kappa shape index (κ2) is 6.35. The van der Waals surface area contributed by atoms with Crippen LogP contribution in [0.5, 0.6) is 5.75 Å². The maximum atomic E-state index is 13.6. The number of hydrogen-bond donors (Lipinski definition) is 2. The van der Waals surface area contributed by atoms with Gasteiger partial charge in [-0.1, -0.05) is 13.8 Å². The first kappa shape index (κ1) is 14.4. The Balaban J connectivity index is 2.67. The lowest BCUT2D eigenvalue weighted by atomic mass is 10.1. The topological polar surface area (TPSA) is 58.6 Å². The third-order valence-electron chi connectivity index (χ3n) is 2.66. The number of aliphatic hydroxyl groups excluding tert-OH is 1. The predicted molar refractivity (Wildman–Crippen MR) is 66.1 cm³/mol. The van der Waals surface area contributed by atoms with E-state index in [9.17, 15) is 14.3 Å². The molecule has 0 radical (unpaired) electrons. The summed E-state index contributed by atoms with van der Waals surface area (Å²) in [6.07, 6.45) is -0.643. The highest BCUT2D eigenvalue weighted by atomic mass is 19.1. The largest absolute Gasteiger partial charge is 0.497 e. The van der Waals surface area contributed by atoms with Gasteiger partial charge in [-0.2, -0.15) is 0 Å². The minimum atomic E-state index is -0.647. The van der Waals surface area contributed by atoms with Gasteiger partial charge in [0.05, 0.1) is 18.8 Å². The van der Waals surface area contributed by atoms with E-state index in [2.05, 4.69) is 5.32 Å². The molecule has 0 aliphatic heterocycles. The van der Waals surface area contributed by atoms with Crippen LogP contribution in [0.1, 0.15) is 24.2 Å². The summed E-state index contributed by atoms with van der Waals surface area (Å²) in [6.45, 7) is 3.78. The number of carbonyl (C=O) groups is 1. The van der Waals surface area contributed by atoms with Gasteiger partial charge < -0.3 is 15.2 Å². The maximum Gasteiger partial charge on any atom is 0.254 e. The van der Waals surface area contributed by atoms with Gasteiger partial charge in [0.2, 0.25) is 0 Å². The van der Waals surface area contributed by atoms with Crippen molar-refractivity contribution in [2.75, 3.05) is 13.7 Å². The van der Waals surface area contributed by atoms with Gasteiger partial charge in [-0.05, 0) is 18.1 Å². The van der Waals surface area contributed by atoms with E-state index >= 15 is 0 Å². The smallest absolute Gasteiger partial charge is 0.254 e. The van der Waals surface area contributed by atoms with E-state index in [0.717, 1.165) is 6.07 Å². The fourth-order valence-electron chi connectivity index (χ4n) is 1.34. The summed E-state index contributed by atoms with van der Waals surface area (Å²) in [5.41, 5.74) is -0.0632. The molecule has 1 unspecified atom stereocenters. The van der Waals surface area contributed by atoms with Crippen LogP contribution in [0.3, 0.4) is 0 Å². The van der Waals surface area contributed by atoms with Gasteiger partial charge in [0.1, 0.15) is 11.6 Å². The van der Waals surface area contributed by atoms with E-state index in [1.807, 2.05) is 13.8 Å². The van der Waals surface area contributed by atoms with Crippen LogP contribution in [0, 0.1) is 11.7 Å². The molecule has 0 aliphatic carbocycles. The van der Waals surface area contributed by atoms with Crippen LogP contribution in [-0.2, 0) is 0 Å². The fourth-order valence-corrected chi connectivity index (χ4v) is 1.34. The third-order valence-corrected chi connectivity index (χ3v) is 2.66. The molecule has 0 fully saturated rings. The molecule has 1 amide bonds. The zero-order valence-electron chi connectivity index (χ0n) is 10.7. The minimum absolute atomic E-state index is 0.0333. The molecule has 4 nitrogen and oxygen atoms in total. The Kier molecular flexibility index (Phi) is 5.09. The van der Waals surface area contributed by atoms with Crippen molar-refractivity contribution in [3.05, 3.63) is 29.6 Å². The van der Waals surface area contributed by atoms with Crippen LogP contribution in [0.25, 0.3) is 0 Å². The molecular weight excluding hydrogens is 237 g/mol. The first-order valence-electron chi connectivity index (χ1n) is 5.75. The normalized spacial score (nSPS) is 12.3. The Morgan fingerprint density at radius 3 is 2.67 bits per heavy atom. The monoisotopic (exact) mass is 255 g/mol. The van der Waals surface area contributed by atoms with E-state index < -0.39 is 17.8 Å². The summed E-state index contributed by atoms with van der Waals surface area (Å²) in [5.74, 6) is -0.807. The maximum absolute atomic E-state index is 13.6. The van der Waals surface area contributed by atoms with Crippen molar-refractivity contribution in [1.29, 1.82) is 0 Å². The summed E-state index contributed by atoms with van der Waals surface area (Å²) in [6, 6.07) is 4.01. The molecule has 0 bridgehead atoms. The van der Waals surface area contributed by atoms with Crippen LogP contribution in [-0.4, -0.2) is 30.8 Å². The number of rotatable bonds is 5. The van der Waals surface area contributed by atoms with Gasteiger partial charge in [0.25, 0.3) is 5.91 Å². The molecule has 18 heavy (non-hydrogen) atoms. The lowest BCUT2D eigenvalue weighted by molar-refractivity contribution is 0.0868. The lowest BCUT2D eigenvalue weighted by Gasteiger charge is -2.15. The molecule has 5 heteroatoms. The Hall–Kier alpha value is -1.62. The molecule has 0 heterocycles. The van der Waals surface area contributed by atoms with Crippen molar-refractivity contribution in [2.45, 2.75) is 20.0 Å². The molecule has 1 aromatic carbocycles. The summed E-state index contributed by atoms with van der Waals surface area (Å²) in [5, 5.41) is 12.0. The van der Waals surface area contributed by atoms with Crippen LogP contribution >= 0.6 is 0 Å². The van der Waals surface area contributed by atoms with Crippen molar-refractivity contribution in [3.8, 4) is 5.75 Å². The average molecular weight is 255 g/mol. The summed E-state index contributed by atoms with van der Waals surface area (Å²) in [7, 11) is 1.42. The van der Waals surface area contributed by atoms with E-state index in [4.69, 9.17) is 4.74 Å². The van der Waals surface area contributed by atoms with Crippen molar-refractivity contribution in [1.82, 2.24) is 5.32 Å². The predicted octanol–water partition coefficient (Wildman–Crippen LogP) is 1.58. The van der Waals surface area contributed by atoms with Gasteiger partial charge in [0.15, 0.2) is 0 Å². The number of nitrogens with one attached hydrogen (secondary N) is 1. The van der Waals surface area contributed by atoms with Crippen LogP contribution in [0.15, 0.2) is 18.2 Å². The molecule has 0 saturated carbocycles. The third kappa shape index (κ3) is 3.70. The highest BCUT2D eigenvalue weighted by molar-refractivity contribution is 5.94. The summed E-state index contributed by atoms with van der Waals surface area (Å²) >= 11 is 0. The molecule has 0 aromatic heterocycles. The molecule has 0 saturated heterocycles. The second-order valence-electron chi connectivity index (χ2n) is 4.37. The Morgan fingerprint density at radius 1 is 1.50 bits per heavy atom. The van der Waals surface area contributed by atoms with Gasteiger partial charge in [0, 0.05) is 12.6 Å². The quantitative estimate of drug-likeness (QED) is 0.840. The summed E-state index contributed by atoms with van der Waals surface area (Å²) < 4.78 is 18.4. The van der Waals surface area contributed by atoms with E-state index in [-0.39, 0.29) is 18.0 Å². The SMILES string of the molecule is COc1ccc(C(=O)NCC(O)C(C)C)c(F)c1. The Morgan fingerprint density at radius 2 is 2.17 bits per heavy atom. The van der Waals surface area contributed by atoms with E-state index in [0.29, 0.717) is 5.75 Å². The fraction of sp³-hybridized carbons (Fsp3) is 0.462. The molecule has 100 valence electrons. The first-order chi connectivity index (χ1) is 8.45. The van der Waals surface area contributed by atoms with E-state index in [1.165, 1.54) is 19.2 Å². The molecule has 2 N–H and O–H groups in total. The number of carbonyl (C=O) groups excluding carboxylic acids is 1. The standard InChI is InChI=1S/C13H18FNO3/c1-8(2)12(16)7-15-13(17)10-5-4-9(18-3)6-11(10)14/h4-6,8,12,16H,7H2,1-3H3,(H,15,17). The van der Waals surface area contributed by atoms with Crippen LogP contribution in [0.2, 0.25) is 0 Å². The average Bonchev–Trinajstić information content (AvgIpc) is 2.34. The van der Waals surface area contributed by atoms with Crippen molar-refractivity contribution >= 4 is 5.91 Å². The number of amides is 1. The Labute approximate surface area is 106 Å². The number of benzene rings is 1. The number of aliphatic hydroxyl groups is 1. The zero-order chi connectivity index (χ0) is 13.7. The number of methoxy groups -OCH3 is 1. The molecule has 0 aliphatic rings. The van der Waals surface area contributed by atoms with E-state index in [1.54, 1.807) is 0 Å². The van der Waals surface area contributed by atoms with Gasteiger partial charge in [-0.3, -0.25) is 4.79 Å². The highest BCUT2D eigenvalue weighted by Crippen LogP contribution is 2.16. The lowest BCUT2D eigenvalue weighted by Crippen LogP contribution is -2.35. The molecular formula is C13H18FNO3. The number of hydrogen-bond acceptors (Lipinski definition) is 3. The Bertz CT molecular complexity index is 421. The highest BCUT2D eigenvalue weighted by Gasteiger charge is 2.15.